The van der Waals surface area contributed by atoms with Crippen molar-refractivity contribution in [3.63, 3.8) is 0 Å². The van der Waals surface area contributed by atoms with E-state index < -0.39 is 16.1 Å². The highest BCUT2D eigenvalue weighted by molar-refractivity contribution is 7.89. The fraction of sp³-hybridized carbons (Fsp3) is 0.188. The van der Waals surface area contributed by atoms with Gasteiger partial charge in [0.2, 0.25) is 21.8 Å². The summed E-state index contributed by atoms with van der Waals surface area (Å²) in [4.78, 5) is 4.14. The third-order valence-electron chi connectivity index (χ3n) is 3.42. The number of nitrogens with one attached hydrogen (secondary N) is 1. The number of hydrogen-bond donors (Lipinski definition) is 1. The zero-order valence-electron chi connectivity index (χ0n) is 13.3. The van der Waals surface area contributed by atoms with Crippen molar-refractivity contribution in [2.75, 3.05) is 0 Å². The number of sulfonamides is 1. The van der Waals surface area contributed by atoms with E-state index >= 15 is 0 Å². The summed E-state index contributed by atoms with van der Waals surface area (Å²) in [5.41, 5.74) is 0.835. The predicted molar refractivity (Wildman–Crippen MR) is 91.5 cm³/mol. The molecule has 130 valence electrons. The highest BCUT2D eigenvalue weighted by Crippen LogP contribution is 2.21. The summed E-state index contributed by atoms with van der Waals surface area (Å²) in [5.74, 6) is 0.552. The first-order chi connectivity index (χ1) is 11.9. The second-order valence-electron chi connectivity index (χ2n) is 5.35. The Balaban J connectivity index is 1.90. The summed E-state index contributed by atoms with van der Waals surface area (Å²) < 4.78 is 33.4. The summed E-state index contributed by atoms with van der Waals surface area (Å²) in [6, 6.07) is 8.81. The third-order valence-corrected chi connectivity index (χ3v) is 5.16. The Morgan fingerprint density at radius 3 is 2.56 bits per heavy atom. The van der Waals surface area contributed by atoms with Gasteiger partial charge >= 0.3 is 0 Å². The minimum absolute atomic E-state index is 0.101. The van der Waals surface area contributed by atoms with Crippen LogP contribution in [0.5, 0.6) is 0 Å². The number of hydrogen-bond acceptors (Lipinski definition) is 6. The molecule has 0 radical (unpaired) electrons. The smallest absolute Gasteiger partial charge is 0.241 e. The predicted octanol–water partition coefficient (Wildman–Crippen LogP) is 2.69. The Hall–Kier alpha value is -2.29. The van der Waals surface area contributed by atoms with Crippen molar-refractivity contribution in [3.05, 3.63) is 71.2 Å². The lowest BCUT2D eigenvalue weighted by atomic mass is 10.1. The number of halogens is 1. The van der Waals surface area contributed by atoms with E-state index in [1.807, 2.05) is 6.07 Å². The van der Waals surface area contributed by atoms with E-state index in [9.17, 15) is 8.42 Å². The maximum absolute atomic E-state index is 12.7. The Morgan fingerprint density at radius 2 is 1.96 bits per heavy atom. The topological polar surface area (TPSA) is 98.0 Å². The maximum Gasteiger partial charge on any atom is 0.241 e. The molecule has 1 aromatic carbocycles. The minimum Gasteiger partial charge on any atom is -0.424 e. The molecule has 0 unspecified atom stereocenters. The lowest BCUT2D eigenvalue weighted by Crippen LogP contribution is -2.30. The zero-order valence-corrected chi connectivity index (χ0v) is 14.8. The number of benzene rings is 1. The van der Waals surface area contributed by atoms with E-state index in [-0.39, 0.29) is 10.8 Å². The summed E-state index contributed by atoms with van der Waals surface area (Å²) >= 11 is 5.82. The van der Waals surface area contributed by atoms with Gasteiger partial charge in [0, 0.05) is 24.3 Å². The highest BCUT2D eigenvalue weighted by Gasteiger charge is 2.26. The van der Waals surface area contributed by atoms with Crippen LogP contribution >= 0.6 is 11.6 Å². The van der Waals surface area contributed by atoms with Crippen LogP contribution in [0.15, 0.2) is 58.1 Å². The van der Waals surface area contributed by atoms with E-state index in [1.54, 1.807) is 25.4 Å². The van der Waals surface area contributed by atoms with Gasteiger partial charge in [-0.25, -0.2) is 8.42 Å². The Labute approximate surface area is 150 Å². The van der Waals surface area contributed by atoms with Crippen LogP contribution in [0.2, 0.25) is 5.02 Å². The van der Waals surface area contributed by atoms with Gasteiger partial charge in [-0.2, -0.15) is 4.72 Å². The van der Waals surface area contributed by atoms with Gasteiger partial charge in [0.1, 0.15) is 6.04 Å². The van der Waals surface area contributed by atoms with Gasteiger partial charge in [0.25, 0.3) is 0 Å². The van der Waals surface area contributed by atoms with Gasteiger partial charge in [0.05, 0.1) is 4.90 Å². The van der Waals surface area contributed by atoms with E-state index in [0.717, 1.165) is 5.56 Å². The largest absolute Gasteiger partial charge is 0.424 e. The molecule has 0 amide bonds. The van der Waals surface area contributed by atoms with Crippen molar-refractivity contribution in [2.45, 2.75) is 24.3 Å². The highest BCUT2D eigenvalue weighted by atomic mass is 35.5. The molecule has 2 aromatic heterocycles. The van der Waals surface area contributed by atoms with Crippen LogP contribution in [0.25, 0.3) is 0 Å². The van der Waals surface area contributed by atoms with Gasteiger partial charge in [-0.3, -0.25) is 4.98 Å². The van der Waals surface area contributed by atoms with Crippen molar-refractivity contribution in [2.24, 2.45) is 0 Å². The van der Waals surface area contributed by atoms with Gasteiger partial charge in [-0.1, -0.05) is 17.7 Å². The number of rotatable bonds is 6. The summed E-state index contributed by atoms with van der Waals surface area (Å²) in [6.07, 6.45) is 3.63. The Kier molecular flexibility index (Phi) is 5.12. The Morgan fingerprint density at radius 1 is 1.20 bits per heavy atom. The van der Waals surface area contributed by atoms with Crippen LogP contribution in [-0.2, 0) is 16.4 Å². The van der Waals surface area contributed by atoms with Crippen molar-refractivity contribution in [3.8, 4) is 0 Å². The lowest BCUT2D eigenvalue weighted by molar-refractivity contribution is 0.411. The van der Waals surface area contributed by atoms with Crippen LogP contribution < -0.4 is 4.72 Å². The van der Waals surface area contributed by atoms with Crippen LogP contribution in [0.4, 0.5) is 0 Å². The van der Waals surface area contributed by atoms with Crippen LogP contribution in [0, 0.1) is 6.92 Å². The molecule has 0 saturated carbocycles. The van der Waals surface area contributed by atoms with Gasteiger partial charge in [-0.05, 0) is 42.3 Å². The molecule has 0 aliphatic carbocycles. The van der Waals surface area contributed by atoms with Crippen LogP contribution in [0.1, 0.15) is 23.4 Å². The zero-order chi connectivity index (χ0) is 17.9. The van der Waals surface area contributed by atoms with E-state index in [1.165, 1.54) is 24.3 Å². The second kappa shape index (κ2) is 7.30. The molecule has 3 aromatic rings. The number of nitrogens with zero attached hydrogens (tertiary/aromatic N) is 3. The van der Waals surface area contributed by atoms with Gasteiger partial charge in [0.15, 0.2) is 0 Å². The first-order valence-electron chi connectivity index (χ1n) is 7.41. The quantitative estimate of drug-likeness (QED) is 0.708. The fourth-order valence-electron chi connectivity index (χ4n) is 2.26. The van der Waals surface area contributed by atoms with Crippen molar-refractivity contribution in [1.29, 1.82) is 0 Å². The fourth-order valence-corrected chi connectivity index (χ4v) is 3.57. The average molecular weight is 379 g/mol. The molecule has 9 heteroatoms. The number of aromatic nitrogens is 3. The number of aryl methyl sites for hydroxylation is 1. The van der Waals surface area contributed by atoms with Crippen LogP contribution in [-0.4, -0.2) is 23.6 Å². The van der Waals surface area contributed by atoms with Crippen molar-refractivity contribution >= 4 is 21.6 Å². The summed E-state index contributed by atoms with van der Waals surface area (Å²) in [5, 5.41) is 8.18. The molecule has 7 nitrogen and oxygen atoms in total. The molecule has 3 rings (SSSR count). The molecule has 0 spiro atoms. The molecule has 0 fully saturated rings. The minimum atomic E-state index is -3.79. The molecule has 0 bridgehead atoms. The number of pyridine rings is 1. The Bertz CT molecular complexity index is 943. The van der Waals surface area contributed by atoms with E-state index in [2.05, 4.69) is 19.9 Å². The molecule has 0 aliphatic rings. The molecule has 1 N–H and O–H groups in total. The first-order valence-corrected chi connectivity index (χ1v) is 9.27. The first kappa shape index (κ1) is 17.5. The summed E-state index contributed by atoms with van der Waals surface area (Å²) in [7, 11) is -3.79. The molecule has 1 atom stereocenters. The molecule has 0 aliphatic heterocycles. The molecule has 0 saturated heterocycles. The van der Waals surface area contributed by atoms with E-state index in [4.69, 9.17) is 16.0 Å². The summed E-state index contributed by atoms with van der Waals surface area (Å²) in [6.45, 7) is 1.64. The molecular weight excluding hydrogens is 364 g/mol. The molecular formula is C16H15ClN4O3S. The monoisotopic (exact) mass is 378 g/mol. The van der Waals surface area contributed by atoms with Crippen molar-refractivity contribution < 1.29 is 12.8 Å². The van der Waals surface area contributed by atoms with Crippen molar-refractivity contribution in [1.82, 2.24) is 19.9 Å². The standard InChI is InChI=1S/C16H15ClN4O3S/c1-11-19-20-16(24-11)15(9-12-3-2-8-18-10-12)21-25(22,23)14-6-4-13(17)5-7-14/h2-8,10,15,21H,9H2,1H3/t15-/m1/s1. The molecule has 25 heavy (non-hydrogen) atoms. The normalized spacial score (nSPS) is 12.9. The average Bonchev–Trinajstić information content (AvgIpc) is 3.02. The van der Waals surface area contributed by atoms with Crippen LogP contribution in [0.3, 0.4) is 0 Å². The third kappa shape index (κ3) is 4.41. The maximum atomic E-state index is 12.7. The lowest BCUT2D eigenvalue weighted by Gasteiger charge is -2.15. The molecule has 2 heterocycles. The van der Waals surface area contributed by atoms with E-state index in [0.29, 0.717) is 17.3 Å². The SMILES string of the molecule is Cc1nnc([C@@H](Cc2cccnc2)NS(=O)(=O)c2ccc(Cl)cc2)o1. The van der Waals surface area contributed by atoms with Gasteiger partial charge < -0.3 is 4.42 Å². The van der Waals surface area contributed by atoms with Gasteiger partial charge in [-0.15, -0.1) is 10.2 Å². The second-order valence-corrected chi connectivity index (χ2v) is 7.50.